The molecule has 5 heteroatoms. The standard InChI is InChI=1S/C31H67NO2Si.ClH/c1-7-8-9-10-11-12-13-14-15-16-17-18-19-22-25-28-31(32(2)3)29-26-23-20-21-24-27-30-35(6,33-4)34-5;/h31H,7-30H2,1-6H3;1H. The van der Waals surface area contributed by atoms with Crippen molar-refractivity contribution in [2.45, 2.75) is 173 Å². The molecule has 0 amide bonds. The zero-order valence-electron chi connectivity index (χ0n) is 25.7. The summed E-state index contributed by atoms with van der Waals surface area (Å²) >= 11 is 0. The summed E-state index contributed by atoms with van der Waals surface area (Å²) in [5.41, 5.74) is 0. The predicted molar refractivity (Wildman–Crippen MR) is 159 cm³/mol. The Balaban J connectivity index is 0. The third-order valence-electron chi connectivity index (χ3n) is 8.27. The van der Waals surface area contributed by atoms with Gasteiger partial charge in [-0.2, -0.15) is 0 Å². The summed E-state index contributed by atoms with van der Waals surface area (Å²) in [6.45, 7) is 4.48. The number of halogens is 1. The second kappa shape index (κ2) is 28.4. The second-order valence-electron chi connectivity index (χ2n) is 11.7. The maximum Gasteiger partial charge on any atom is 0.334 e. The van der Waals surface area contributed by atoms with Crippen molar-refractivity contribution in [1.29, 1.82) is 0 Å². The summed E-state index contributed by atoms with van der Waals surface area (Å²) in [7, 11) is 6.49. The fourth-order valence-electron chi connectivity index (χ4n) is 5.32. The van der Waals surface area contributed by atoms with Crippen LogP contribution in [-0.4, -0.2) is 42.9 Å². The first-order valence-corrected chi connectivity index (χ1v) is 18.4. The summed E-state index contributed by atoms with van der Waals surface area (Å²) < 4.78 is 11.2. The minimum Gasteiger partial charge on any atom is -1.00 e. The van der Waals surface area contributed by atoms with Crippen LogP contribution in [0, 0.1) is 0 Å². The lowest BCUT2D eigenvalue weighted by molar-refractivity contribution is -0.886. The van der Waals surface area contributed by atoms with Crippen LogP contribution in [0.25, 0.3) is 0 Å². The van der Waals surface area contributed by atoms with E-state index in [1.165, 1.54) is 148 Å². The fourth-order valence-corrected chi connectivity index (χ4v) is 6.78. The van der Waals surface area contributed by atoms with Gasteiger partial charge in [0.05, 0.1) is 20.1 Å². The van der Waals surface area contributed by atoms with Crippen LogP contribution in [-0.2, 0) is 8.85 Å². The van der Waals surface area contributed by atoms with Gasteiger partial charge >= 0.3 is 8.56 Å². The van der Waals surface area contributed by atoms with Crippen molar-refractivity contribution in [2.75, 3.05) is 28.3 Å². The fraction of sp³-hybridized carbons (Fsp3) is 1.00. The molecule has 220 valence electrons. The zero-order chi connectivity index (χ0) is 26.0. The molecule has 1 atom stereocenters. The van der Waals surface area contributed by atoms with Crippen LogP contribution >= 0.6 is 0 Å². The highest BCUT2D eigenvalue weighted by Crippen LogP contribution is 2.18. The van der Waals surface area contributed by atoms with Crippen LogP contribution in [0.3, 0.4) is 0 Å². The van der Waals surface area contributed by atoms with Crippen LogP contribution in [0.1, 0.15) is 155 Å². The Kier molecular flexibility index (Phi) is 30.4. The second-order valence-corrected chi connectivity index (χ2v) is 15.3. The molecule has 0 saturated heterocycles. The number of rotatable bonds is 28. The number of hydrogen-bond acceptors (Lipinski definition) is 2. The summed E-state index contributed by atoms with van der Waals surface area (Å²) in [5.74, 6) is 0. The molecular weight excluding hydrogens is 482 g/mol. The first-order valence-electron chi connectivity index (χ1n) is 15.9. The summed E-state index contributed by atoms with van der Waals surface area (Å²) in [6.07, 6.45) is 32.9. The summed E-state index contributed by atoms with van der Waals surface area (Å²) in [6, 6.07) is 2.00. The lowest BCUT2D eigenvalue weighted by Gasteiger charge is -2.22. The van der Waals surface area contributed by atoms with Gasteiger partial charge in [0.15, 0.2) is 0 Å². The molecule has 0 radical (unpaired) electrons. The maximum atomic E-state index is 5.59. The predicted octanol–water partition coefficient (Wildman–Crippen LogP) is 5.86. The maximum absolute atomic E-state index is 5.59. The molecule has 0 aliphatic carbocycles. The molecule has 0 aliphatic rings. The van der Waals surface area contributed by atoms with E-state index in [2.05, 4.69) is 27.6 Å². The smallest absolute Gasteiger partial charge is 0.334 e. The van der Waals surface area contributed by atoms with Crippen LogP contribution < -0.4 is 17.3 Å². The number of quaternary nitrogens is 1. The van der Waals surface area contributed by atoms with Crippen LogP contribution in [0.4, 0.5) is 0 Å². The average molecular weight is 550 g/mol. The van der Waals surface area contributed by atoms with Crippen LogP contribution in [0.2, 0.25) is 12.6 Å². The highest BCUT2D eigenvalue weighted by molar-refractivity contribution is 6.65. The van der Waals surface area contributed by atoms with E-state index in [0.29, 0.717) is 0 Å². The molecule has 0 fully saturated rings. The van der Waals surface area contributed by atoms with Gasteiger partial charge in [-0.15, -0.1) is 0 Å². The Bertz CT molecular complexity index is 421. The van der Waals surface area contributed by atoms with E-state index in [1.807, 2.05) is 0 Å². The molecular formula is C31H68ClNO2Si. The van der Waals surface area contributed by atoms with Crippen molar-refractivity contribution in [2.24, 2.45) is 0 Å². The lowest BCUT2D eigenvalue weighted by atomic mass is 9.99. The van der Waals surface area contributed by atoms with Crippen molar-refractivity contribution < 1.29 is 26.2 Å². The topological polar surface area (TPSA) is 22.9 Å². The van der Waals surface area contributed by atoms with E-state index in [1.54, 1.807) is 19.1 Å². The van der Waals surface area contributed by atoms with Crippen molar-refractivity contribution in [3.05, 3.63) is 0 Å². The third kappa shape index (κ3) is 24.7. The first kappa shape index (κ1) is 38.5. The minimum absolute atomic E-state index is 0. The van der Waals surface area contributed by atoms with Crippen molar-refractivity contribution in [3.8, 4) is 0 Å². The van der Waals surface area contributed by atoms with Gasteiger partial charge in [0.1, 0.15) is 0 Å². The Morgan fingerprint density at radius 1 is 0.528 bits per heavy atom. The van der Waals surface area contributed by atoms with E-state index < -0.39 is 8.56 Å². The monoisotopic (exact) mass is 549 g/mol. The largest absolute Gasteiger partial charge is 1.00 e. The zero-order valence-corrected chi connectivity index (χ0v) is 27.5. The van der Waals surface area contributed by atoms with E-state index in [-0.39, 0.29) is 12.4 Å². The molecule has 0 saturated carbocycles. The Morgan fingerprint density at radius 2 is 0.833 bits per heavy atom. The molecule has 0 aromatic carbocycles. The highest BCUT2D eigenvalue weighted by Gasteiger charge is 2.27. The number of nitrogens with one attached hydrogen (secondary N) is 1. The van der Waals surface area contributed by atoms with Gasteiger partial charge in [-0.1, -0.05) is 129 Å². The van der Waals surface area contributed by atoms with Gasteiger partial charge in [-0.25, -0.2) is 0 Å². The quantitative estimate of drug-likeness (QED) is 0.0975. The van der Waals surface area contributed by atoms with Gasteiger partial charge in [-0.3, -0.25) is 0 Å². The normalized spacial score (nSPS) is 12.8. The first-order chi connectivity index (χ1) is 17.0. The van der Waals surface area contributed by atoms with Gasteiger partial charge in [0.2, 0.25) is 0 Å². The molecule has 0 aliphatic heterocycles. The number of hydrogen-bond donors (Lipinski definition) is 1. The summed E-state index contributed by atoms with van der Waals surface area (Å²) in [4.78, 5) is 1.67. The van der Waals surface area contributed by atoms with E-state index in [9.17, 15) is 0 Å². The van der Waals surface area contributed by atoms with E-state index in [0.717, 1.165) is 12.1 Å². The van der Waals surface area contributed by atoms with Gasteiger partial charge < -0.3 is 26.2 Å². The molecule has 0 bridgehead atoms. The minimum atomic E-state index is -1.84. The number of unbranched alkanes of at least 4 members (excludes halogenated alkanes) is 19. The summed E-state index contributed by atoms with van der Waals surface area (Å²) in [5, 5.41) is 0. The third-order valence-corrected chi connectivity index (χ3v) is 11.3. The average Bonchev–Trinajstić information content (AvgIpc) is 2.86. The molecule has 0 rings (SSSR count). The van der Waals surface area contributed by atoms with Crippen LogP contribution in [0.15, 0.2) is 0 Å². The van der Waals surface area contributed by atoms with Crippen molar-refractivity contribution >= 4 is 8.56 Å². The molecule has 1 N–H and O–H groups in total. The lowest BCUT2D eigenvalue weighted by Crippen LogP contribution is -3.10. The molecule has 0 aromatic rings. The van der Waals surface area contributed by atoms with Gasteiger partial charge in [0, 0.05) is 14.2 Å². The SMILES string of the molecule is CCCCCCCCCCCCCCCCCC(CCCCCCCC[Si](C)(OC)OC)[NH+](C)C.[Cl-]. The Morgan fingerprint density at radius 3 is 1.14 bits per heavy atom. The van der Waals surface area contributed by atoms with Gasteiger partial charge in [-0.05, 0) is 38.3 Å². The molecule has 1 unspecified atom stereocenters. The Hall–Kier alpha value is 0.387. The molecule has 0 aromatic heterocycles. The van der Waals surface area contributed by atoms with Crippen LogP contribution in [0.5, 0.6) is 0 Å². The molecule has 0 heterocycles. The molecule has 36 heavy (non-hydrogen) atoms. The van der Waals surface area contributed by atoms with E-state index >= 15 is 0 Å². The molecule has 3 nitrogen and oxygen atoms in total. The van der Waals surface area contributed by atoms with E-state index in [4.69, 9.17) is 8.85 Å². The van der Waals surface area contributed by atoms with Crippen molar-refractivity contribution in [3.63, 3.8) is 0 Å². The Labute approximate surface area is 235 Å². The van der Waals surface area contributed by atoms with Crippen molar-refractivity contribution in [1.82, 2.24) is 0 Å². The molecule has 0 spiro atoms. The highest BCUT2D eigenvalue weighted by atomic mass is 35.5. The van der Waals surface area contributed by atoms with Gasteiger partial charge in [0.25, 0.3) is 0 Å².